The van der Waals surface area contributed by atoms with Crippen molar-refractivity contribution in [2.45, 2.75) is 52.0 Å². The van der Waals surface area contributed by atoms with E-state index in [1.165, 1.54) is 11.1 Å². The van der Waals surface area contributed by atoms with Crippen molar-refractivity contribution in [3.8, 4) is 0 Å². The van der Waals surface area contributed by atoms with Crippen molar-refractivity contribution in [3.63, 3.8) is 0 Å². The van der Waals surface area contributed by atoms with Crippen LogP contribution in [-0.2, 0) is 11.2 Å². The average molecular weight is 289 g/mol. The summed E-state index contributed by atoms with van der Waals surface area (Å²) in [5.41, 5.74) is 2.77. The highest BCUT2D eigenvalue weighted by molar-refractivity contribution is 5.66. The predicted octanol–water partition coefficient (Wildman–Crippen LogP) is 3.89. The van der Waals surface area contributed by atoms with Gasteiger partial charge in [-0.1, -0.05) is 31.2 Å². The van der Waals surface area contributed by atoms with Crippen LogP contribution in [-0.4, -0.2) is 29.1 Å². The quantitative estimate of drug-likeness (QED) is 0.863. The Morgan fingerprint density at radius 2 is 1.90 bits per heavy atom. The van der Waals surface area contributed by atoms with Crippen LogP contribution in [0.2, 0.25) is 0 Å². The fourth-order valence-corrected chi connectivity index (χ4v) is 3.20. The maximum Gasteiger partial charge on any atom is 0.303 e. The van der Waals surface area contributed by atoms with Crippen LogP contribution in [0.4, 0.5) is 0 Å². The van der Waals surface area contributed by atoms with E-state index in [9.17, 15) is 4.79 Å². The van der Waals surface area contributed by atoms with Crippen molar-refractivity contribution >= 4 is 5.97 Å². The molecule has 3 nitrogen and oxygen atoms in total. The molecule has 1 aliphatic rings. The Kier molecular flexibility index (Phi) is 5.80. The molecule has 1 aromatic carbocycles. The van der Waals surface area contributed by atoms with E-state index < -0.39 is 5.97 Å². The molecule has 1 aromatic rings. The minimum absolute atomic E-state index is 0.318. The summed E-state index contributed by atoms with van der Waals surface area (Å²) in [5, 5.41) is 8.77. The largest absolute Gasteiger partial charge is 0.481 e. The molecule has 1 atom stereocenters. The second-order valence-electron chi connectivity index (χ2n) is 6.18. The van der Waals surface area contributed by atoms with Crippen LogP contribution >= 0.6 is 0 Å². The minimum atomic E-state index is -0.665. The number of piperidine rings is 1. The van der Waals surface area contributed by atoms with E-state index in [0.29, 0.717) is 18.4 Å². The maximum absolute atomic E-state index is 10.6. The van der Waals surface area contributed by atoms with E-state index in [-0.39, 0.29) is 0 Å². The molecule has 2 rings (SSSR count). The summed E-state index contributed by atoms with van der Waals surface area (Å²) in [7, 11) is 0. The first-order chi connectivity index (χ1) is 10.1. The third-order valence-corrected chi connectivity index (χ3v) is 4.83. The molecule has 0 spiro atoms. The number of carboxylic acid groups (broad SMARTS) is 1. The molecule has 0 saturated carbocycles. The Morgan fingerprint density at radius 3 is 2.43 bits per heavy atom. The Morgan fingerprint density at radius 1 is 1.29 bits per heavy atom. The van der Waals surface area contributed by atoms with E-state index in [0.717, 1.165) is 38.8 Å². The lowest BCUT2D eigenvalue weighted by atomic mass is 9.91. The smallest absolute Gasteiger partial charge is 0.303 e. The van der Waals surface area contributed by atoms with Gasteiger partial charge in [-0.3, -0.25) is 9.69 Å². The second kappa shape index (κ2) is 7.60. The lowest BCUT2D eigenvalue weighted by molar-refractivity contribution is -0.137. The Hall–Kier alpha value is -1.35. The fourth-order valence-electron chi connectivity index (χ4n) is 3.20. The van der Waals surface area contributed by atoms with E-state index in [4.69, 9.17) is 5.11 Å². The minimum Gasteiger partial charge on any atom is -0.481 e. The van der Waals surface area contributed by atoms with E-state index in [2.05, 4.69) is 43.0 Å². The zero-order chi connectivity index (χ0) is 15.2. The topological polar surface area (TPSA) is 40.5 Å². The second-order valence-corrected chi connectivity index (χ2v) is 6.18. The number of likely N-dealkylation sites (tertiary alicyclic amines) is 1. The zero-order valence-corrected chi connectivity index (χ0v) is 13.2. The van der Waals surface area contributed by atoms with Gasteiger partial charge >= 0.3 is 5.97 Å². The number of benzene rings is 1. The highest BCUT2D eigenvalue weighted by Crippen LogP contribution is 2.28. The summed E-state index contributed by atoms with van der Waals surface area (Å²) < 4.78 is 0. The van der Waals surface area contributed by atoms with Gasteiger partial charge in [-0.15, -0.1) is 0 Å². The van der Waals surface area contributed by atoms with Gasteiger partial charge < -0.3 is 5.11 Å². The number of carboxylic acids is 1. The molecule has 116 valence electrons. The van der Waals surface area contributed by atoms with Gasteiger partial charge in [0, 0.05) is 12.5 Å². The third-order valence-electron chi connectivity index (χ3n) is 4.83. The number of nitrogens with zero attached hydrogens (tertiary/aromatic N) is 1. The van der Waals surface area contributed by atoms with Crippen LogP contribution in [0.15, 0.2) is 24.3 Å². The molecule has 0 aromatic heterocycles. The normalized spacial score (nSPS) is 18.6. The predicted molar refractivity (Wildman–Crippen MR) is 85.4 cm³/mol. The first kappa shape index (κ1) is 16.0. The lowest BCUT2D eigenvalue weighted by Gasteiger charge is -2.36. The summed E-state index contributed by atoms with van der Waals surface area (Å²) in [6.45, 7) is 6.63. The average Bonchev–Trinajstić information content (AvgIpc) is 2.53. The maximum atomic E-state index is 10.6. The van der Waals surface area contributed by atoms with Gasteiger partial charge in [-0.05, 0) is 62.7 Å². The molecule has 0 aliphatic carbocycles. The van der Waals surface area contributed by atoms with Crippen molar-refractivity contribution < 1.29 is 9.90 Å². The van der Waals surface area contributed by atoms with E-state index in [1.807, 2.05) is 0 Å². The molecule has 1 aliphatic heterocycles. The van der Waals surface area contributed by atoms with Crippen LogP contribution in [0.25, 0.3) is 0 Å². The Labute approximate surface area is 128 Å². The highest BCUT2D eigenvalue weighted by Gasteiger charge is 2.23. The summed E-state index contributed by atoms with van der Waals surface area (Å²) in [6, 6.07) is 9.41. The summed E-state index contributed by atoms with van der Waals surface area (Å²) in [5.74, 6) is -0.0752. The molecule has 1 fully saturated rings. The van der Waals surface area contributed by atoms with Gasteiger partial charge in [-0.2, -0.15) is 0 Å². The molecule has 21 heavy (non-hydrogen) atoms. The number of aliphatic carboxylic acids is 1. The number of rotatable bonds is 6. The molecule has 0 radical (unpaired) electrons. The molecular formula is C18H27NO2. The van der Waals surface area contributed by atoms with Gasteiger partial charge in [-0.25, -0.2) is 0 Å². The molecule has 0 amide bonds. The van der Waals surface area contributed by atoms with E-state index in [1.54, 1.807) is 0 Å². The molecular weight excluding hydrogens is 262 g/mol. The van der Waals surface area contributed by atoms with Gasteiger partial charge in [0.2, 0.25) is 0 Å². The van der Waals surface area contributed by atoms with Crippen LogP contribution in [0.3, 0.4) is 0 Å². The molecule has 1 N–H and O–H groups in total. The number of hydrogen-bond donors (Lipinski definition) is 1. The first-order valence-corrected chi connectivity index (χ1v) is 8.14. The monoisotopic (exact) mass is 289 g/mol. The fraction of sp³-hybridized carbons (Fsp3) is 0.611. The first-order valence-electron chi connectivity index (χ1n) is 8.14. The SMILES string of the molecule is CCc1ccc(C(C)N2CCC(CCC(=O)O)CC2)cc1. The van der Waals surface area contributed by atoms with Crippen LogP contribution in [0.1, 0.15) is 56.7 Å². The van der Waals surface area contributed by atoms with Crippen LogP contribution < -0.4 is 0 Å². The van der Waals surface area contributed by atoms with Crippen molar-refractivity contribution in [2.24, 2.45) is 5.92 Å². The van der Waals surface area contributed by atoms with Crippen molar-refractivity contribution in [2.75, 3.05) is 13.1 Å². The van der Waals surface area contributed by atoms with Crippen molar-refractivity contribution in [1.82, 2.24) is 4.90 Å². The van der Waals surface area contributed by atoms with Crippen LogP contribution in [0, 0.1) is 5.92 Å². The summed E-state index contributed by atoms with van der Waals surface area (Å²) >= 11 is 0. The van der Waals surface area contributed by atoms with Crippen molar-refractivity contribution in [3.05, 3.63) is 35.4 Å². The van der Waals surface area contributed by atoms with Gasteiger partial charge in [0.1, 0.15) is 0 Å². The number of hydrogen-bond acceptors (Lipinski definition) is 2. The summed E-state index contributed by atoms with van der Waals surface area (Å²) in [6.07, 6.45) is 4.50. The zero-order valence-electron chi connectivity index (χ0n) is 13.2. The standard InChI is InChI=1S/C18H27NO2/c1-3-15-4-7-17(8-5-15)14(2)19-12-10-16(11-13-19)6-9-18(20)21/h4-5,7-8,14,16H,3,6,9-13H2,1-2H3,(H,20,21). The van der Waals surface area contributed by atoms with E-state index >= 15 is 0 Å². The third kappa shape index (κ3) is 4.57. The molecule has 1 unspecified atom stereocenters. The molecule has 0 bridgehead atoms. The van der Waals surface area contributed by atoms with Gasteiger partial charge in [0.15, 0.2) is 0 Å². The number of carbonyl (C=O) groups is 1. The molecule has 1 saturated heterocycles. The van der Waals surface area contributed by atoms with Crippen molar-refractivity contribution in [1.29, 1.82) is 0 Å². The molecule has 3 heteroatoms. The van der Waals surface area contributed by atoms with Gasteiger partial charge in [0.25, 0.3) is 0 Å². The lowest BCUT2D eigenvalue weighted by Crippen LogP contribution is -2.35. The number of aryl methyl sites for hydroxylation is 1. The van der Waals surface area contributed by atoms with Crippen LogP contribution in [0.5, 0.6) is 0 Å². The van der Waals surface area contributed by atoms with Gasteiger partial charge in [0.05, 0.1) is 0 Å². The summed E-state index contributed by atoms with van der Waals surface area (Å²) in [4.78, 5) is 13.2. The Balaban J connectivity index is 1.84. The Bertz CT molecular complexity index is 447. The highest BCUT2D eigenvalue weighted by atomic mass is 16.4. The molecule has 1 heterocycles.